The van der Waals surface area contributed by atoms with Gasteiger partial charge >= 0.3 is 18.2 Å². The number of alkyl carbamates (subject to hydrolysis) is 1. The zero-order chi connectivity index (χ0) is 31.1. The van der Waals surface area contributed by atoms with Gasteiger partial charge in [-0.25, -0.2) is 14.4 Å². The van der Waals surface area contributed by atoms with Crippen LogP contribution in [0.1, 0.15) is 53.7 Å². The van der Waals surface area contributed by atoms with Gasteiger partial charge in [-0.05, 0) is 60.7 Å². The first kappa shape index (κ1) is 31.1. The third-order valence-corrected chi connectivity index (χ3v) is 7.07. The lowest BCUT2D eigenvalue weighted by molar-refractivity contribution is -0.142. The summed E-state index contributed by atoms with van der Waals surface area (Å²) in [5, 5.41) is 15.2. The van der Waals surface area contributed by atoms with E-state index in [4.69, 9.17) is 9.47 Å². The highest BCUT2D eigenvalue weighted by Crippen LogP contribution is 2.44. The molecular weight excluding hydrogens is 550 g/mol. The van der Waals surface area contributed by atoms with E-state index in [1.807, 2.05) is 48.5 Å². The molecule has 0 aromatic heterocycles. The van der Waals surface area contributed by atoms with Crippen LogP contribution in [0.2, 0.25) is 0 Å². The van der Waals surface area contributed by atoms with Gasteiger partial charge in [0.2, 0.25) is 0 Å². The molecule has 1 aliphatic rings. The number of carboxylic acids is 1. The number of hydrogen-bond donors (Lipinski definition) is 3. The summed E-state index contributed by atoms with van der Waals surface area (Å²) in [4.78, 5) is 50.7. The van der Waals surface area contributed by atoms with Crippen molar-refractivity contribution in [2.45, 2.75) is 44.8 Å². The number of nitrogens with zero attached hydrogens (tertiary/aromatic N) is 1. The standard InChI is InChI=1S/C33H37N3O7/c1-33(2,3)43-31(40)35-17-16-34-29(37)22-11-9-10-21(18-22)19-28(30(38)39)36(4)32(41)42-20-27-25-14-7-5-12-23(25)24-13-6-8-15-26(24)27/h5-15,18,27-28H,16-17,19-20H2,1-4H3,(H,34,37)(H,35,40)(H,38,39)/t28-/m0/s1. The number of fused-ring (bicyclic) bond motifs is 3. The molecular formula is C33H37N3O7. The van der Waals surface area contributed by atoms with E-state index in [1.165, 1.54) is 7.05 Å². The minimum Gasteiger partial charge on any atom is -0.480 e. The van der Waals surface area contributed by atoms with Crippen LogP contribution in [0.25, 0.3) is 11.1 Å². The molecule has 0 saturated heterocycles. The Hall–Kier alpha value is -4.86. The molecule has 1 aliphatic carbocycles. The Morgan fingerprint density at radius 3 is 2.09 bits per heavy atom. The minimum absolute atomic E-state index is 0.0304. The van der Waals surface area contributed by atoms with Crippen LogP contribution in [0.4, 0.5) is 9.59 Å². The van der Waals surface area contributed by atoms with Crippen molar-refractivity contribution in [3.05, 3.63) is 95.1 Å². The van der Waals surface area contributed by atoms with E-state index >= 15 is 0 Å². The van der Waals surface area contributed by atoms with Gasteiger partial charge in [0.1, 0.15) is 18.2 Å². The SMILES string of the molecule is CN(C(=O)OCC1c2ccccc2-c2ccccc21)[C@@H](Cc1cccc(C(=O)NCCNC(=O)OC(C)(C)C)c1)C(=O)O. The summed E-state index contributed by atoms with van der Waals surface area (Å²) in [6, 6.07) is 21.2. The van der Waals surface area contributed by atoms with Crippen LogP contribution >= 0.6 is 0 Å². The monoisotopic (exact) mass is 587 g/mol. The van der Waals surface area contributed by atoms with E-state index in [1.54, 1.807) is 45.0 Å². The molecule has 0 aliphatic heterocycles. The number of carbonyl (C=O) groups is 4. The van der Waals surface area contributed by atoms with Crippen LogP contribution in [-0.2, 0) is 20.7 Å². The third kappa shape index (κ3) is 7.91. The van der Waals surface area contributed by atoms with Crippen LogP contribution in [0.15, 0.2) is 72.8 Å². The van der Waals surface area contributed by atoms with Crippen molar-refractivity contribution < 1.29 is 33.8 Å². The fraction of sp³-hybridized carbons (Fsp3) is 0.333. The zero-order valence-electron chi connectivity index (χ0n) is 24.8. The first-order chi connectivity index (χ1) is 20.4. The first-order valence-electron chi connectivity index (χ1n) is 14.1. The third-order valence-electron chi connectivity index (χ3n) is 7.07. The van der Waals surface area contributed by atoms with Crippen molar-refractivity contribution in [2.24, 2.45) is 0 Å². The van der Waals surface area contributed by atoms with Gasteiger partial charge in [-0.2, -0.15) is 0 Å². The molecule has 1 atom stereocenters. The number of amides is 3. The van der Waals surface area contributed by atoms with E-state index in [0.717, 1.165) is 27.2 Å². The Balaban J connectivity index is 1.34. The largest absolute Gasteiger partial charge is 0.480 e. The second-order valence-electron chi connectivity index (χ2n) is 11.4. The lowest BCUT2D eigenvalue weighted by Gasteiger charge is -2.25. The molecule has 0 unspecified atom stereocenters. The first-order valence-corrected chi connectivity index (χ1v) is 14.1. The Labute approximate surface area is 251 Å². The van der Waals surface area contributed by atoms with Crippen molar-refractivity contribution in [3.8, 4) is 11.1 Å². The van der Waals surface area contributed by atoms with E-state index in [2.05, 4.69) is 10.6 Å². The topological polar surface area (TPSA) is 134 Å². The van der Waals surface area contributed by atoms with Gasteiger partial charge in [-0.3, -0.25) is 9.69 Å². The van der Waals surface area contributed by atoms with Crippen LogP contribution in [0.3, 0.4) is 0 Å². The molecule has 3 aromatic carbocycles. The number of benzene rings is 3. The summed E-state index contributed by atoms with van der Waals surface area (Å²) >= 11 is 0. The maximum Gasteiger partial charge on any atom is 0.410 e. The molecule has 0 spiro atoms. The molecule has 4 rings (SSSR count). The Morgan fingerprint density at radius 1 is 0.884 bits per heavy atom. The highest BCUT2D eigenvalue weighted by atomic mass is 16.6. The van der Waals surface area contributed by atoms with Gasteiger partial charge in [0, 0.05) is 38.0 Å². The highest BCUT2D eigenvalue weighted by molar-refractivity contribution is 5.94. The molecule has 0 heterocycles. The number of rotatable bonds is 10. The smallest absolute Gasteiger partial charge is 0.410 e. The summed E-state index contributed by atoms with van der Waals surface area (Å²) < 4.78 is 10.8. The fourth-order valence-electron chi connectivity index (χ4n) is 5.03. The summed E-state index contributed by atoms with van der Waals surface area (Å²) in [5.74, 6) is -1.73. The Bertz CT molecular complexity index is 1450. The molecule has 3 amide bonds. The minimum atomic E-state index is -1.22. The average Bonchev–Trinajstić information content (AvgIpc) is 3.29. The van der Waals surface area contributed by atoms with Crippen molar-refractivity contribution >= 4 is 24.1 Å². The van der Waals surface area contributed by atoms with E-state index in [-0.39, 0.29) is 37.9 Å². The number of aliphatic carboxylic acids is 1. The number of likely N-dealkylation sites (N-methyl/N-ethyl adjacent to an activating group) is 1. The van der Waals surface area contributed by atoms with Gasteiger partial charge in [0.15, 0.2) is 0 Å². The van der Waals surface area contributed by atoms with Gasteiger partial charge < -0.3 is 25.2 Å². The summed E-state index contributed by atoms with van der Waals surface area (Å²) in [7, 11) is 1.39. The maximum absolute atomic E-state index is 13.0. The Morgan fingerprint density at radius 2 is 1.49 bits per heavy atom. The van der Waals surface area contributed by atoms with Crippen LogP contribution in [0, 0.1) is 0 Å². The molecule has 10 heteroatoms. The lowest BCUT2D eigenvalue weighted by atomic mass is 9.98. The molecule has 0 radical (unpaired) electrons. The van der Waals surface area contributed by atoms with Gasteiger partial charge in [-0.15, -0.1) is 0 Å². The maximum atomic E-state index is 13.0. The van der Waals surface area contributed by atoms with Crippen molar-refractivity contribution in [1.82, 2.24) is 15.5 Å². The summed E-state index contributed by atoms with van der Waals surface area (Å²) in [5.41, 5.74) is 4.57. The van der Waals surface area contributed by atoms with Crippen molar-refractivity contribution in [2.75, 3.05) is 26.7 Å². The number of carboxylic acid groups (broad SMARTS) is 1. The Kier molecular flexibility index (Phi) is 9.70. The predicted octanol–water partition coefficient (Wildman–Crippen LogP) is 4.82. The fourth-order valence-corrected chi connectivity index (χ4v) is 5.03. The molecule has 3 aromatic rings. The number of carbonyl (C=O) groups excluding carboxylic acids is 3. The molecule has 43 heavy (non-hydrogen) atoms. The molecule has 10 nitrogen and oxygen atoms in total. The van der Waals surface area contributed by atoms with Crippen molar-refractivity contribution in [3.63, 3.8) is 0 Å². The van der Waals surface area contributed by atoms with E-state index < -0.39 is 29.8 Å². The van der Waals surface area contributed by atoms with Gasteiger partial charge in [0.05, 0.1) is 0 Å². The number of hydrogen-bond acceptors (Lipinski definition) is 6. The average molecular weight is 588 g/mol. The number of ether oxygens (including phenoxy) is 2. The van der Waals surface area contributed by atoms with Crippen molar-refractivity contribution in [1.29, 1.82) is 0 Å². The molecule has 0 fully saturated rings. The van der Waals surface area contributed by atoms with Gasteiger partial charge in [0.25, 0.3) is 5.91 Å². The quantitative estimate of drug-likeness (QED) is 0.290. The van der Waals surface area contributed by atoms with E-state index in [9.17, 15) is 24.3 Å². The highest BCUT2D eigenvalue weighted by Gasteiger charge is 2.32. The summed E-state index contributed by atoms with van der Waals surface area (Å²) in [6.45, 7) is 5.68. The summed E-state index contributed by atoms with van der Waals surface area (Å²) in [6.07, 6.45) is -1.36. The number of nitrogens with one attached hydrogen (secondary N) is 2. The zero-order valence-corrected chi connectivity index (χ0v) is 24.8. The molecule has 0 bridgehead atoms. The van der Waals surface area contributed by atoms with E-state index in [0.29, 0.717) is 11.1 Å². The second-order valence-corrected chi connectivity index (χ2v) is 11.4. The van der Waals surface area contributed by atoms with Gasteiger partial charge in [-0.1, -0.05) is 60.7 Å². The van der Waals surface area contributed by atoms with Crippen LogP contribution in [-0.4, -0.2) is 72.5 Å². The second kappa shape index (κ2) is 13.4. The predicted molar refractivity (Wildman–Crippen MR) is 161 cm³/mol. The normalized spacial score (nSPS) is 12.8. The molecule has 0 saturated carbocycles. The lowest BCUT2D eigenvalue weighted by Crippen LogP contribution is -2.44. The van der Waals surface area contributed by atoms with Crippen LogP contribution in [0.5, 0.6) is 0 Å². The molecule has 226 valence electrons. The molecule has 3 N–H and O–H groups in total. The van der Waals surface area contributed by atoms with Crippen LogP contribution < -0.4 is 10.6 Å².